The van der Waals surface area contributed by atoms with E-state index in [0.29, 0.717) is 5.82 Å². The molecule has 4 nitrogen and oxygen atoms in total. The Morgan fingerprint density at radius 2 is 1.95 bits per heavy atom. The molecule has 4 heteroatoms. The van der Waals surface area contributed by atoms with Crippen molar-refractivity contribution >= 4 is 22.6 Å². The fraction of sp³-hybridized carbons (Fsp3) is 0.412. The number of fused-ring (bicyclic) bond motifs is 1. The Kier molecular flexibility index (Phi) is 3.53. The highest BCUT2D eigenvalue weighted by Crippen LogP contribution is 2.33. The van der Waals surface area contributed by atoms with Crippen molar-refractivity contribution in [3.63, 3.8) is 0 Å². The number of carboxylic acids is 1. The van der Waals surface area contributed by atoms with Crippen molar-refractivity contribution < 1.29 is 9.90 Å². The van der Waals surface area contributed by atoms with Gasteiger partial charge >= 0.3 is 5.97 Å². The lowest BCUT2D eigenvalue weighted by molar-refractivity contribution is 0.0691. The molecule has 1 aliphatic carbocycles. The van der Waals surface area contributed by atoms with Gasteiger partial charge in [-0.2, -0.15) is 0 Å². The Balaban J connectivity index is 2.05. The number of aromatic carboxylic acids is 1. The van der Waals surface area contributed by atoms with E-state index in [0.717, 1.165) is 23.6 Å². The van der Waals surface area contributed by atoms with E-state index in [1.807, 2.05) is 24.3 Å². The number of hydrogen-bond donors (Lipinski definition) is 2. The summed E-state index contributed by atoms with van der Waals surface area (Å²) in [5.74, 6) is -0.299. The summed E-state index contributed by atoms with van der Waals surface area (Å²) in [6.07, 6.45) is 5.89. The molecule has 0 bridgehead atoms. The van der Waals surface area contributed by atoms with Crippen LogP contribution < -0.4 is 5.32 Å². The van der Waals surface area contributed by atoms with Crippen molar-refractivity contribution in [2.75, 3.05) is 5.32 Å². The van der Waals surface area contributed by atoms with Gasteiger partial charge in [-0.1, -0.05) is 43.5 Å². The average molecular weight is 284 g/mol. The van der Waals surface area contributed by atoms with Crippen LogP contribution >= 0.6 is 0 Å². The molecule has 0 saturated heterocycles. The van der Waals surface area contributed by atoms with E-state index in [4.69, 9.17) is 0 Å². The van der Waals surface area contributed by atoms with Gasteiger partial charge in [0.1, 0.15) is 5.82 Å². The maximum absolute atomic E-state index is 11.3. The molecular weight excluding hydrogens is 264 g/mol. The summed E-state index contributed by atoms with van der Waals surface area (Å²) in [7, 11) is 0. The maximum atomic E-state index is 11.3. The van der Waals surface area contributed by atoms with Crippen molar-refractivity contribution in [1.29, 1.82) is 0 Å². The molecule has 0 atom stereocenters. The van der Waals surface area contributed by atoms with Crippen LogP contribution in [0.15, 0.2) is 30.3 Å². The molecule has 2 N–H and O–H groups in total. The zero-order chi connectivity index (χ0) is 14.9. The lowest BCUT2D eigenvalue weighted by Gasteiger charge is -2.35. The first-order valence-electron chi connectivity index (χ1n) is 7.49. The molecule has 0 unspecified atom stereocenters. The van der Waals surface area contributed by atoms with Crippen LogP contribution in [0.3, 0.4) is 0 Å². The molecule has 0 spiro atoms. The zero-order valence-electron chi connectivity index (χ0n) is 12.2. The Morgan fingerprint density at radius 3 is 2.67 bits per heavy atom. The average Bonchev–Trinajstić information content (AvgIpc) is 2.47. The number of benzene rings is 1. The lowest BCUT2D eigenvalue weighted by atomic mass is 9.83. The molecule has 0 aliphatic heterocycles. The molecular formula is C17H20N2O2. The van der Waals surface area contributed by atoms with Crippen LogP contribution in [-0.2, 0) is 0 Å². The first-order chi connectivity index (χ1) is 10.1. The number of nitrogens with zero attached hydrogens (tertiary/aromatic N) is 1. The molecule has 1 aromatic heterocycles. The van der Waals surface area contributed by atoms with Gasteiger partial charge in [0.05, 0.1) is 0 Å². The van der Waals surface area contributed by atoms with Gasteiger partial charge in [-0.15, -0.1) is 0 Å². The second kappa shape index (κ2) is 5.35. The first kappa shape index (κ1) is 13.9. The molecule has 0 radical (unpaired) electrons. The van der Waals surface area contributed by atoms with Crippen LogP contribution in [0.1, 0.15) is 49.5 Å². The van der Waals surface area contributed by atoms with E-state index in [-0.39, 0.29) is 11.2 Å². The van der Waals surface area contributed by atoms with Crippen molar-refractivity contribution in [2.45, 2.75) is 44.6 Å². The van der Waals surface area contributed by atoms with Gasteiger partial charge in [-0.3, -0.25) is 0 Å². The molecule has 2 aromatic rings. The van der Waals surface area contributed by atoms with Gasteiger partial charge in [-0.05, 0) is 31.2 Å². The van der Waals surface area contributed by atoms with Crippen molar-refractivity contribution in [1.82, 2.24) is 4.98 Å². The molecule has 3 rings (SSSR count). The molecule has 0 amide bonds. The monoisotopic (exact) mass is 284 g/mol. The Morgan fingerprint density at radius 1 is 1.24 bits per heavy atom. The van der Waals surface area contributed by atoms with Crippen LogP contribution in [0.2, 0.25) is 0 Å². The van der Waals surface area contributed by atoms with Gasteiger partial charge in [0, 0.05) is 10.9 Å². The largest absolute Gasteiger partial charge is 0.477 e. The number of aromatic nitrogens is 1. The van der Waals surface area contributed by atoms with Crippen LogP contribution in [0.25, 0.3) is 10.8 Å². The van der Waals surface area contributed by atoms with Crippen LogP contribution in [0.4, 0.5) is 5.82 Å². The van der Waals surface area contributed by atoms with Gasteiger partial charge < -0.3 is 10.4 Å². The smallest absolute Gasteiger partial charge is 0.354 e. The van der Waals surface area contributed by atoms with E-state index < -0.39 is 5.97 Å². The van der Waals surface area contributed by atoms with Gasteiger partial charge in [0.25, 0.3) is 0 Å². The predicted molar refractivity (Wildman–Crippen MR) is 83.8 cm³/mol. The van der Waals surface area contributed by atoms with Gasteiger partial charge in [0.15, 0.2) is 5.69 Å². The molecule has 1 saturated carbocycles. The molecule has 1 aromatic carbocycles. The summed E-state index contributed by atoms with van der Waals surface area (Å²) in [5, 5.41) is 14.7. The quantitative estimate of drug-likeness (QED) is 0.892. The number of carboxylic acid groups (broad SMARTS) is 1. The minimum Gasteiger partial charge on any atom is -0.477 e. The van der Waals surface area contributed by atoms with Crippen LogP contribution in [0.5, 0.6) is 0 Å². The van der Waals surface area contributed by atoms with E-state index in [1.165, 1.54) is 19.3 Å². The fourth-order valence-corrected chi connectivity index (χ4v) is 3.15. The van der Waals surface area contributed by atoms with Crippen LogP contribution in [-0.4, -0.2) is 21.6 Å². The van der Waals surface area contributed by atoms with Gasteiger partial charge in [0.2, 0.25) is 0 Å². The van der Waals surface area contributed by atoms with Gasteiger partial charge in [-0.25, -0.2) is 9.78 Å². The number of anilines is 1. The summed E-state index contributed by atoms with van der Waals surface area (Å²) in [4.78, 5) is 15.6. The normalized spacial score (nSPS) is 17.6. The molecule has 110 valence electrons. The van der Waals surface area contributed by atoms with E-state index in [1.54, 1.807) is 6.07 Å². The summed E-state index contributed by atoms with van der Waals surface area (Å²) in [6, 6.07) is 9.42. The number of rotatable bonds is 3. The highest BCUT2D eigenvalue weighted by molar-refractivity contribution is 5.97. The first-order valence-corrected chi connectivity index (χ1v) is 7.49. The summed E-state index contributed by atoms with van der Waals surface area (Å²) < 4.78 is 0. The summed E-state index contributed by atoms with van der Waals surface area (Å²) in [6.45, 7) is 2.20. The molecule has 21 heavy (non-hydrogen) atoms. The van der Waals surface area contributed by atoms with Crippen molar-refractivity contribution in [2.24, 2.45) is 0 Å². The van der Waals surface area contributed by atoms with Crippen LogP contribution in [0, 0.1) is 0 Å². The molecule has 1 heterocycles. The second-order valence-electron chi connectivity index (χ2n) is 6.13. The fourth-order valence-electron chi connectivity index (χ4n) is 3.15. The summed E-state index contributed by atoms with van der Waals surface area (Å²) in [5.41, 5.74) is 0.0983. The third-order valence-corrected chi connectivity index (χ3v) is 4.34. The summed E-state index contributed by atoms with van der Waals surface area (Å²) >= 11 is 0. The number of carbonyl (C=O) groups is 1. The van der Waals surface area contributed by atoms with Crippen molar-refractivity contribution in [3.05, 3.63) is 36.0 Å². The lowest BCUT2D eigenvalue weighted by Crippen LogP contribution is -2.37. The highest BCUT2D eigenvalue weighted by atomic mass is 16.4. The number of pyridine rings is 1. The minimum atomic E-state index is -0.988. The SMILES string of the molecule is CC1(Nc2nc(C(=O)O)cc3ccccc23)CCCCC1. The third kappa shape index (κ3) is 2.84. The molecule has 1 fully saturated rings. The van der Waals surface area contributed by atoms with E-state index in [2.05, 4.69) is 17.2 Å². The Hall–Kier alpha value is -2.10. The van der Waals surface area contributed by atoms with Crippen molar-refractivity contribution in [3.8, 4) is 0 Å². The third-order valence-electron chi connectivity index (χ3n) is 4.34. The maximum Gasteiger partial charge on any atom is 0.354 e. The Bertz CT molecular complexity index is 676. The minimum absolute atomic E-state index is 0.00511. The number of hydrogen-bond acceptors (Lipinski definition) is 3. The zero-order valence-corrected chi connectivity index (χ0v) is 12.2. The second-order valence-corrected chi connectivity index (χ2v) is 6.13. The predicted octanol–water partition coefficient (Wildman–Crippen LogP) is 4.07. The molecule has 1 aliphatic rings. The van der Waals surface area contributed by atoms with E-state index in [9.17, 15) is 9.90 Å². The highest BCUT2D eigenvalue weighted by Gasteiger charge is 2.27. The standard InChI is InChI=1S/C17H20N2O2/c1-17(9-5-2-6-10-17)19-15-13-8-4-3-7-12(13)11-14(18-15)16(20)21/h3-4,7-8,11H,2,5-6,9-10H2,1H3,(H,18,19)(H,20,21). The Labute approximate surface area is 124 Å². The van der Waals surface area contributed by atoms with E-state index >= 15 is 0 Å². The number of nitrogens with one attached hydrogen (secondary N) is 1. The topological polar surface area (TPSA) is 62.2 Å².